The Bertz CT molecular complexity index is 382. The molecule has 1 aromatic carbocycles. The van der Waals surface area contributed by atoms with E-state index < -0.39 is 0 Å². The fourth-order valence-corrected chi connectivity index (χ4v) is 2.33. The smallest absolute Gasteiger partial charge is 0.164 e. The average molecular weight is 221 g/mol. The normalized spacial score (nSPS) is 19.9. The molecule has 3 heteroatoms. The van der Waals surface area contributed by atoms with Gasteiger partial charge in [-0.25, -0.2) is 0 Å². The number of fused-ring (bicyclic) bond motifs is 1. The number of para-hydroxylation sites is 1. The van der Waals surface area contributed by atoms with Crippen molar-refractivity contribution in [2.45, 2.75) is 31.7 Å². The van der Waals surface area contributed by atoms with Crippen molar-refractivity contribution in [2.24, 2.45) is 5.73 Å². The average Bonchev–Trinajstić information content (AvgIpc) is 2.26. The van der Waals surface area contributed by atoms with Gasteiger partial charge in [0.15, 0.2) is 11.5 Å². The van der Waals surface area contributed by atoms with Crippen LogP contribution in [0.5, 0.6) is 11.5 Å². The Morgan fingerprint density at radius 1 is 1.44 bits per heavy atom. The van der Waals surface area contributed by atoms with E-state index >= 15 is 0 Å². The van der Waals surface area contributed by atoms with Crippen molar-refractivity contribution in [3.8, 4) is 11.5 Å². The Hall–Kier alpha value is -1.22. The van der Waals surface area contributed by atoms with Crippen molar-refractivity contribution < 1.29 is 9.47 Å². The first-order valence-corrected chi connectivity index (χ1v) is 5.62. The van der Waals surface area contributed by atoms with Crippen LogP contribution in [0, 0.1) is 0 Å². The molecule has 0 aromatic heterocycles. The summed E-state index contributed by atoms with van der Waals surface area (Å²) in [6, 6.07) is 5.99. The summed E-state index contributed by atoms with van der Waals surface area (Å²) >= 11 is 0. The lowest BCUT2D eigenvalue weighted by molar-refractivity contribution is 0.223. The second kappa shape index (κ2) is 3.98. The third kappa shape index (κ3) is 1.87. The second-order valence-electron chi connectivity index (χ2n) is 4.89. The maximum atomic E-state index is 6.22. The zero-order chi connectivity index (χ0) is 11.8. The molecule has 2 N–H and O–H groups in total. The third-order valence-electron chi connectivity index (χ3n) is 3.16. The predicted octanol–water partition coefficient (Wildman–Crippen LogP) is 2.30. The molecule has 0 radical (unpaired) electrons. The molecule has 1 aromatic rings. The largest absolute Gasteiger partial charge is 0.493 e. The summed E-state index contributed by atoms with van der Waals surface area (Å²) in [5, 5.41) is 0. The maximum Gasteiger partial charge on any atom is 0.164 e. The Labute approximate surface area is 96.5 Å². The monoisotopic (exact) mass is 221 g/mol. The number of hydrogen-bond acceptors (Lipinski definition) is 3. The van der Waals surface area contributed by atoms with E-state index in [2.05, 4.69) is 19.9 Å². The van der Waals surface area contributed by atoms with Gasteiger partial charge in [0.25, 0.3) is 0 Å². The van der Waals surface area contributed by atoms with Crippen molar-refractivity contribution >= 4 is 0 Å². The summed E-state index contributed by atoms with van der Waals surface area (Å²) in [6.07, 6.45) is 0.962. The third-order valence-corrected chi connectivity index (χ3v) is 3.16. The van der Waals surface area contributed by atoms with E-state index in [0.29, 0.717) is 12.5 Å². The van der Waals surface area contributed by atoms with Gasteiger partial charge in [-0.15, -0.1) is 0 Å². The molecule has 88 valence electrons. The van der Waals surface area contributed by atoms with Gasteiger partial charge in [-0.3, -0.25) is 0 Å². The Kier molecular flexibility index (Phi) is 2.80. The van der Waals surface area contributed by atoms with Crippen LogP contribution in [0.4, 0.5) is 0 Å². The molecule has 0 bridgehead atoms. The van der Waals surface area contributed by atoms with Gasteiger partial charge in [0, 0.05) is 17.0 Å². The summed E-state index contributed by atoms with van der Waals surface area (Å²) in [5.41, 5.74) is 7.15. The summed E-state index contributed by atoms with van der Waals surface area (Å²) in [5.74, 6) is 1.98. The number of nitrogens with two attached hydrogens (primary N) is 1. The quantitative estimate of drug-likeness (QED) is 0.833. The van der Waals surface area contributed by atoms with E-state index in [0.717, 1.165) is 23.5 Å². The minimum absolute atomic E-state index is 0.231. The first kappa shape index (κ1) is 11.3. The van der Waals surface area contributed by atoms with Crippen molar-refractivity contribution in [1.82, 2.24) is 0 Å². The summed E-state index contributed by atoms with van der Waals surface area (Å²) < 4.78 is 11.0. The summed E-state index contributed by atoms with van der Waals surface area (Å²) in [6.45, 7) is 4.83. The second-order valence-corrected chi connectivity index (χ2v) is 4.89. The molecule has 3 nitrogen and oxygen atoms in total. The molecule has 0 aliphatic carbocycles. The van der Waals surface area contributed by atoms with E-state index in [1.165, 1.54) is 0 Å². The van der Waals surface area contributed by atoms with Gasteiger partial charge in [-0.2, -0.15) is 0 Å². The van der Waals surface area contributed by atoms with Crippen LogP contribution in [0.25, 0.3) is 0 Å². The number of benzene rings is 1. The molecule has 0 fully saturated rings. The Balaban J connectivity index is 2.47. The van der Waals surface area contributed by atoms with Crippen LogP contribution in [0.2, 0.25) is 0 Å². The SMILES string of the molecule is COc1cccc2c1OCCC2C(C)(C)N. The highest BCUT2D eigenvalue weighted by Gasteiger charge is 2.33. The predicted molar refractivity (Wildman–Crippen MR) is 64.1 cm³/mol. The molecule has 2 rings (SSSR count). The lowest BCUT2D eigenvalue weighted by atomic mass is 9.79. The highest BCUT2D eigenvalue weighted by molar-refractivity contribution is 5.50. The number of methoxy groups -OCH3 is 1. The van der Waals surface area contributed by atoms with E-state index in [9.17, 15) is 0 Å². The topological polar surface area (TPSA) is 44.5 Å². The van der Waals surface area contributed by atoms with Gasteiger partial charge in [-0.1, -0.05) is 12.1 Å². The molecular formula is C13H19NO2. The fraction of sp³-hybridized carbons (Fsp3) is 0.538. The number of hydrogen-bond donors (Lipinski definition) is 1. The number of ether oxygens (including phenoxy) is 2. The van der Waals surface area contributed by atoms with Crippen molar-refractivity contribution in [3.63, 3.8) is 0 Å². The van der Waals surface area contributed by atoms with Gasteiger partial charge >= 0.3 is 0 Å². The molecule has 1 atom stereocenters. The zero-order valence-electron chi connectivity index (χ0n) is 10.1. The van der Waals surface area contributed by atoms with Gasteiger partial charge in [-0.05, 0) is 26.3 Å². The minimum Gasteiger partial charge on any atom is -0.493 e. The van der Waals surface area contributed by atoms with E-state index in [1.807, 2.05) is 12.1 Å². The molecule has 1 heterocycles. The van der Waals surface area contributed by atoms with Crippen LogP contribution in [-0.4, -0.2) is 19.3 Å². The lowest BCUT2D eigenvalue weighted by Gasteiger charge is -2.35. The van der Waals surface area contributed by atoms with Crippen molar-refractivity contribution in [3.05, 3.63) is 23.8 Å². The molecule has 0 amide bonds. The van der Waals surface area contributed by atoms with Crippen LogP contribution < -0.4 is 15.2 Å². The highest BCUT2D eigenvalue weighted by atomic mass is 16.5. The Morgan fingerprint density at radius 3 is 2.81 bits per heavy atom. The molecule has 1 aliphatic rings. The van der Waals surface area contributed by atoms with Crippen LogP contribution in [0.3, 0.4) is 0 Å². The van der Waals surface area contributed by atoms with E-state index in [4.69, 9.17) is 15.2 Å². The maximum absolute atomic E-state index is 6.22. The van der Waals surface area contributed by atoms with E-state index in [-0.39, 0.29) is 5.54 Å². The minimum atomic E-state index is -0.231. The summed E-state index contributed by atoms with van der Waals surface area (Å²) in [7, 11) is 1.66. The number of rotatable bonds is 2. The molecule has 16 heavy (non-hydrogen) atoms. The van der Waals surface area contributed by atoms with Crippen LogP contribution >= 0.6 is 0 Å². The van der Waals surface area contributed by atoms with Crippen molar-refractivity contribution in [2.75, 3.05) is 13.7 Å². The first-order chi connectivity index (χ1) is 7.54. The fourth-order valence-electron chi connectivity index (χ4n) is 2.33. The molecule has 0 spiro atoms. The molecule has 1 aliphatic heterocycles. The Morgan fingerprint density at radius 2 is 2.19 bits per heavy atom. The van der Waals surface area contributed by atoms with Crippen LogP contribution in [0.15, 0.2) is 18.2 Å². The van der Waals surface area contributed by atoms with Gasteiger partial charge < -0.3 is 15.2 Å². The van der Waals surface area contributed by atoms with Crippen LogP contribution in [0.1, 0.15) is 31.7 Å². The first-order valence-electron chi connectivity index (χ1n) is 5.62. The standard InChI is InChI=1S/C13H19NO2/c1-13(2,14)10-7-8-16-12-9(10)5-4-6-11(12)15-3/h4-6,10H,7-8,14H2,1-3H3. The zero-order valence-corrected chi connectivity index (χ0v) is 10.1. The summed E-state index contributed by atoms with van der Waals surface area (Å²) in [4.78, 5) is 0. The molecular weight excluding hydrogens is 202 g/mol. The van der Waals surface area contributed by atoms with Gasteiger partial charge in [0.05, 0.1) is 13.7 Å². The molecule has 1 unspecified atom stereocenters. The van der Waals surface area contributed by atoms with Crippen LogP contribution in [-0.2, 0) is 0 Å². The van der Waals surface area contributed by atoms with Gasteiger partial charge in [0.2, 0.25) is 0 Å². The molecule has 0 saturated heterocycles. The van der Waals surface area contributed by atoms with E-state index in [1.54, 1.807) is 7.11 Å². The lowest BCUT2D eigenvalue weighted by Crippen LogP contribution is -2.41. The molecule has 0 saturated carbocycles. The van der Waals surface area contributed by atoms with Crippen molar-refractivity contribution in [1.29, 1.82) is 0 Å². The van der Waals surface area contributed by atoms with Gasteiger partial charge in [0.1, 0.15) is 0 Å². The highest BCUT2D eigenvalue weighted by Crippen LogP contribution is 2.43.